The maximum Gasteiger partial charge on any atom is 0.264 e. The van der Waals surface area contributed by atoms with Gasteiger partial charge in [-0.3, -0.25) is 13.9 Å². The first-order chi connectivity index (χ1) is 22.6. The van der Waals surface area contributed by atoms with Gasteiger partial charge >= 0.3 is 0 Å². The normalized spacial score (nSPS) is 14.3. The summed E-state index contributed by atoms with van der Waals surface area (Å²) in [7, 11) is -4.20. The molecular weight excluding hydrogens is 630 g/mol. The molecule has 0 unspecified atom stereocenters. The molecule has 246 valence electrons. The van der Waals surface area contributed by atoms with Crippen LogP contribution in [0, 0.1) is 13.8 Å². The third-order valence-corrected chi connectivity index (χ3v) is 11.1. The van der Waals surface area contributed by atoms with Crippen LogP contribution >= 0.6 is 11.6 Å². The third-order valence-electron chi connectivity index (χ3n) is 8.94. The summed E-state index contributed by atoms with van der Waals surface area (Å²) in [5.74, 6) is -0.731. The van der Waals surface area contributed by atoms with Crippen molar-refractivity contribution in [1.29, 1.82) is 0 Å². The van der Waals surface area contributed by atoms with E-state index in [1.165, 1.54) is 12.1 Å². The molecule has 0 aromatic heterocycles. The molecule has 0 bridgehead atoms. The van der Waals surface area contributed by atoms with Gasteiger partial charge in [-0.05, 0) is 73.2 Å². The van der Waals surface area contributed by atoms with Crippen molar-refractivity contribution in [1.82, 2.24) is 10.2 Å². The number of sulfonamides is 1. The van der Waals surface area contributed by atoms with E-state index in [1.54, 1.807) is 48.2 Å². The van der Waals surface area contributed by atoms with Crippen LogP contribution in [0.1, 0.15) is 54.4 Å². The van der Waals surface area contributed by atoms with Crippen molar-refractivity contribution in [2.24, 2.45) is 0 Å². The van der Waals surface area contributed by atoms with Crippen molar-refractivity contribution < 1.29 is 18.0 Å². The lowest BCUT2D eigenvalue weighted by molar-refractivity contribution is -0.140. The van der Waals surface area contributed by atoms with E-state index in [1.807, 2.05) is 61.5 Å². The molecule has 0 aliphatic heterocycles. The molecule has 0 radical (unpaired) electrons. The number of hydrogen-bond acceptors (Lipinski definition) is 4. The van der Waals surface area contributed by atoms with E-state index < -0.39 is 28.5 Å². The first kappa shape index (κ1) is 34.2. The summed E-state index contributed by atoms with van der Waals surface area (Å²) in [4.78, 5) is 30.6. The summed E-state index contributed by atoms with van der Waals surface area (Å²) in [6.07, 6.45) is 5.31. The monoisotopic (exact) mass is 671 g/mol. The van der Waals surface area contributed by atoms with Crippen LogP contribution in [0.25, 0.3) is 0 Å². The van der Waals surface area contributed by atoms with Gasteiger partial charge in [0, 0.05) is 24.0 Å². The molecule has 2 amide bonds. The highest BCUT2D eigenvalue weighted by Gasteiger charge is 2.36. The highest BCUT2D eigenvalue weighted by atomic mass is 35.5. The summed E-state index contributed by atoms with van der Waals surface area (Å²) < 4.78 is 29.6. The molecule has 9 heteroatoms. The highest BCUT2D eigenvalue weighted by molar-refractivity contribution is 7.92. The minimum absolute atomic E-state index is 0.0361. The van der Waals surface area contributed by atoms with Gasteiger partial charge in [0.05, 0.1) is 10.6 Å². The Labute approximate surface area is 283 Å². The predicted molar refractivity (Wildman–Crippen MR) is 188 cm³/mol. The average Bonchev–Trinajstić information content (AvgIpc) is 3.08. The Morgan fingerprint density at radius 2 is 1.47 bits per heavy atom. The van der Waals surface area contributed by atoms with Gasteiger partial charge in [-0.1, -0.05) is 110 Å². The summed E-state index contributed by atoms with van der Waals surface area (Å²) in [6.45, 7) is 3.31. The van der Waals surface area contributed by atoms with Crippen LogP contribution < -0.4 is 9.62 Å². The predicted octanol–water partition coefficient (Wildman–Crippen LogP) is 7.24. The molecule has 0 saturated heterocycles. The fourth-order valence-electron chi connectivity index (χ4n) is 6.17. The zero-order valence-electron chi connectivity index (χ0n) is 26.9. The number of hydrogen-bond donors (Lipinski definition) is 1. The second-order valence-electron chi connectivity index (χ2n) is 12.2. The highest BCUT2D eigenvalue weighted by Crippen LogP contribution is 2.31. The molecule has 1 fully saturated rings. The Morgan fingerprint density at radius 1 is 0.830 bits per heavy atom. The maximum absolute atomic E-state index is 14.8. The van der Waals surface area contributed by atoms with Gasteiger partial charge in [-0.15, -0.1) is 0 Å². The van der Waals surface area contributed by atoms with Gasteiger partial charge in [0.15, 0.2) is 0 Å². The van der Waals surface area contributed by atoms with E-state index in [4.69, 9.17) is 11.6 Å². The Morgan fingerprint density at radius 3 is 2.15 bits per heavy atom. The van der Waals surface area contributed by atoms with Crippen LogP contribution in [0.4, 0.5) is 5.69 Å². The van der Waals surface area contributed by atoms with E-state index in [-0.39, 0.29) is 29.8 Å². The number of carbonyl (C=O) groups is 2. The third kappa shape index (κ3) is 8.42. The SMILES string of the molecule is Cc1ccccc1CN(C(=O)CN(c1cccc(Cl)c1C)S(=O)(=O)c1ccccc1)[C@@H](Cc1ccccc1)C(=O)NC1CCCCC1. The van der Waals surface area contributed by atoms with E-state index in [0.29, 0.717) is 16.3 Å². The lowest BCUT2D eigenvalue weighted by Crippen LogP contribution is -2.55. The lowest BCUT2D eigenvalue weighted by atomic mass is 9.94. The van der Waals surface area contributed by atoms with Crippen molar-refractivity contribution in [3.8, 4) is 0 Å². The number of nitrogens with one attached hydrogen (secondary N) is 1. The molecule has 1 aliphatic rings. The van der Waals surface area contributed by atoms with Crippen LogP contribution in [-0.4, -0.2) is 43.8 Å². The number of benzene rings is 4. The topological polar surface area (TPSA) is 86.8 Å². The molecule has 1 saturated carbocycles. The van der Waals surface area contributed by atoms with Crippen molar-refractivity contribution >= 4 is 39.1 Å². The number of carbonyl (C=O) groups excluding carboxylic acids is 2. The van der Waals surface area contributed by atoms with Gasteiger partial charge in [-0.25, -0.2) is 8.42 Å². The van der Waals surface area contributed by atoms with Gasteiger partial charge in [0.2, 0.25) is 11.8 Å². The smallest absolute Gasteiger partial charge is 0.264 e. The number of halogens is 1. The van der Waals surface area contributed by atoms with Gasteiger partial charge in [0.1, 0.15) is 12.6 Å². The lowest BCUT2D eigenvalue weighted by Gasteiger charge is -2.35. The zero-order chi connectivity index (χ0) is 33.4. The van der Waals surface area contributed by atoms with Crippen molar-refractivity contribution in [2.75, 3.05) is 10.8 Å². The van der Waals surface area contributed by atoms with E-state index in [9.17, 15) is 18.0 Å². The Balaban J connectivity index is 1.59. The van der Waals surface area contributed by atoms with Crippen LogP contribution in [0.3, 0.4) is 0 Å². The Kier molecular flexibility index (Phi) is 11.4. The second kappa shape index (κ2) is 15.6. The maximum atomic E-state index is 14.8. The fraction of sp³-hybridized carbons (Fsp3) is 0.316. The number of aryl methyl sites for hydroxylation is 1. The molecule has 5 rings (SSSR count). The van der Waals surface area contributed by atoms with Crippen LogP contribution in [0.15, 0.2) is 108 Å². The molecular formula is C38H42ClN3O4S. The molecule has 1 N–H and O–H groups in total. The minimum atomic E-state index is -4.20. The summed E-state index contributed by atoms with van der Waals surface area (Å²) in [5, 5.41) is 3.63. The summed E-state index contributed by atoms with van der Waals surface area (Å²) in [5.41, 5.74) is 3.58. The molecule has 7 nitrogen and oxygen atoms in total. The van der Waals surface area contributed by atoms with Crippen LogP contribution in [0.5, 0.6) is 0 Å². The number of rotatable bonds is 12. The molecule has 4 aromatic carbocycles. The van der Waals surface area contributed by atoms with Crippen molar-refractivity contribution in [2.45, 2.75) is 75.9 Å². The molecule has 1 aliphatic carbocycles. The van der Waals surface area contributed by atoms with Gasteiger partial charge in [0.25, 0.3) is 10.0 Å². The van der Waals surface area contributed by atoms with Crippen molar-refractivity contribution in [3.63, 3.8) is 0 Å². The molecule has 4 aromatic rings. The number of nitrogens with zero attached hydrogens (tertiary/aromatic N) is 2. The van der Waals surface area contributed by atoms with Crippen molar-refractivity contribution in [3.05, 3.63) is 130 Å². The number of amides is 2. The fourth-order valence-corrected chi connectivity index (χ4v) is 7.83. The Hall–Kier alpha value is -4.14. The van der Waals surface area contributed by atoms with E-state index in [0.717, 1.165) is 53.1 Å². The average molecular weight is 672 g/mol. The summed E-state index contributed by atoms with van der Waals surface area (Å²) in [6, 6.07) is 29.6. The first-order valence-electron chi connectivity index (χ1n) is 16.2. The zero-order valence-corrected chi connectivity index (χ0v) is 28.5. The number of anilines is 1. The van der Waals surface area contributed by atoms with Crippen LogP contribution in [0.2, 0.25) is 5.02 Å². The molecule has 0 spiro atoms. The van der Waals surface area contributed by atoms with Gasteiger partial charge in [-0.2, -0.15) is 0 Å². The van der Waals surface area contributed by atoms with Crippen LogP contribution in [-0.2, 0) is 32.6 Å². The standard InChI is InChI=1S/C38H42ClN3O4S/c1-28-15-12-13-18-31(28)26-41(36(25-30-16-6-3-7-17-30)38(44)40-32-19-8-4-9-20-32)37(43)27-42(35-24-14-23-34(39)29(35)2)47(45,46)33-21-10-5-11-22-33/h3,5-7,10-18,21-24,32,36H,4,8-9,19-20,25-27H2,1-2H3,(H,40,44)/t36-/m0/s1. The largest absolute Gasteiger partial charge is 0.352 e. The molecule has 47 heavy (non-hydrogen) atoms. The second-order valence-corrected chi connectivity index (χ2v) is 14.5. The first-order valence-corrected chi connectivity index (χ1v) is 18.0. The Bertz CT molecular complexity index is 1780. The van der Waals surface area contributed by atoms with E-state index >= 15 is 0 Å². The van der Waals surface area contributed by atoms with Gasteiger partial charge < -0.3 is 10.2 Å². The summed E-state index contributed by atoms with van der Waals surface area (Å²) >= 11 is 6.48. The van der Waals surface area contributed by atoms with E-state index in [2.05, 4.69) is 5.32 Å². The molecule has 0 heterocycles. The molecule has 1 atom stereocenters. The minimum Gasteiger partial charge on any atom is -0.352 e. The quantitative estimate of drug-likeness (QED) is 0.172.